The van der Waals surface area contributed by atoms with Crippen molar-refractivity contribution in [3.05, 3.63) is 42.1 Å². The maximum absolute atomic E-state index is 6.75. The molecule has 1 heterocycles. The minimum atomic E-state index is -0.0531. The van der Waals surface area contributed by atoms with Crippen LogP contribution >= 0.6 is 0 Å². The molecule has 20 heavy (non-hydrogen) atoms. The largest absolute Gasteiger partial charge is 0.324 e. The van der Waals surface area contributed by atoms with Crippen LogP contribution in [-0.4, -0.2) is 10.5 Å². The molecule has 0 spiro atoms. The Labute approximate surface area is 121 Å². The van der Waals surface area contributed by atoms with Gasteiger partial charge in [-0.15, -0.1) is 0 Å². The first-order valence-electron chi connectivity index (χ1n) is 7.85. The van der Waals surface area contributed by atoms with Crippen LogP contribution in [0, 0.1) is 5.92 Å². The van der Waals surface area contributed by atoms with Crippen molar-refractivity contribution in [2.75, 3.05) is 0 Å². The van der Waals surface area contributed by atoms with Gasteiger partial charge in [0.05, 0.1) is 5.52 Å². The van der Waals surface area contributed by atoms with Gasteiger partial charge in [-0.2, -0.15) is 0 Å². The molecule has 1 saturated carbocycles. The fourth-order valence-corrected chi connectivity index (χ4v) is 3.72. The van der Waals surface area contributed by atoms with Crippen LogP contribution in [-0.2, 0) is 6.42 Å². The van der Waals surface area contributed by atoms with E-state index in [1.807, 2.05) is 6.07 Å². The van der Waals surface area contributed by atoms with Gasteiger partial charge >= 0.3 is 0 Å². The fourth-order valence-electron chi connectivity index (χ4n) is 3.72. The minimum absolute atomic E-state index is 0.0531. The van der Waals surface area contributed by atoms with Crippen LogP contribution in [0.4, 0.5) is 0 Å². The number of hydrogen-bond donors (Lipinski definition) is 1. The minimum Gasteiger partial charge on any atom is -0.324 e. The van der Waals surface area contributed by atoms with E-state index in [1.165, 1.54) is 31.1 Å². The Hall–Kier alpha value is -1.41. The Morgan fingerprint density at radius 1 is 1.20 bits per heavy atom. The number of rotatable bonds is 3. The van der Waals surface area contributed by atoms with Gasteiger partial charge in [0, 0.05) is 23.0 Å². The van der Waals surface area contributed by atoms with Gasteiger partial charge in [-0.25, -0.2) is 0 Å². The molecule has 1 aromatic carbocycles. The smallest absolute Gasteiger partial charge is 0.0705 e. The molecule has 2 aromatic rings. The number of pyridine rings is 1. The number of nitrogens with zero attached hydrogens (tertiary/aromatic N) is 1. The first kappa shape index (κ1) is 13.6. The zero-order chi connectivity index (χ0) is 14.0. The summed E-state index contributed by atoms with van der Waals surface area (Å²) in [6, 6.07) is 12.6. The quantitative estimate of drug-likeness (QED) is 0.911. The highest BCUT2D eigenvalue weighted by Gasteiger charge is 2.36. The van der Waals surface area contributed by atoms with Gasteiger partial charge in [0.1, 0.15) is 0 Å². The maximum Gasteiger partial charge on any atom is 0.0705 e. The van der Waals surface area contributed by atoms with Crippen LogP contribution in [0.5, 0.6) is 0 Å². The number of aromatic nitrogens is 1. The Bertz CT molecular complexity index is 593. The number of para-hydroxylation sites is 1. The number of nitrogens with two attached hydrogens (primary N) is 1. The van der Waals surface area contributed by atoms with Crippen molar-refractivity contribution in [2.45, 2.75) is 51.0 Å². The molecular weight excluding hydrogens is 244 g/mol. The van der Waals surface area contributed by atoms with Crippen LogP contribution in [0.15, 0.2) is 36.4 Å². The summed E-state index contributed by atoms with van der Waals surface area (Å²) >= 11 is 0. The molecule has 1 aromatic heterocycles. The van der Waals surface area contributed by atoms with Gasteiger partial charge in [-0.3, -0.25) is 4.98 Å². The van der Waals surface area contributed by atoms with E-state index in [4.69, 9.17) is 10.7 Å². The third-order valence-corrected chi connectivity index (χ3v) is 4.92. The third-order valence-electron chi connectivity index (χ3n) is 4.92. The van der Waals surface area contributed by atoms with Crippen molar-refractivity contribution in [1.29, 1.82) is 0 Å². The Kier molecular flexibility index (Phi) is 3.75. The molecule has 2 unspecified atom stereocenters. The first-order valence-corrected chi connectivity index (χ1v) is 7.85. The predicted octanol–water partition coefficient (Wildman–Crippen LogP) is 4.08. The van der Waals surface area contributed by atoms with Crippen molar-refractivity contribution in [3.8, 4) is 0 Å². The standard InChI is InChI=1S/C18H24N2/c1-2-15-8-5-6-12-18(15,19)13-16-11-10-14-7-3-4-9-17(14)20-16/h3-4,7,9-11,15H,2,5-6,8,12-13,19H2,1H3. The zero-order valence-corrected chi connectivity index (χ0v) is 12.3. The van der Waals surface area contributed by atoms with Gasteiger partial charge in [0.25, 0.3) is 0 Å². The van der Waals surface area contributed by atoms with E-state index in [-0.39, 0.29) is 5.54 Å². The summed E-state index contributed by atoms with van der Waals surface area (Å²) in [5.74, 6) is 0.643. The molecule has 0 amide bonds. The first-order chi connectivity index (χ1) is 9.71. The van der Waals surface area contributed by atoms with Gasteiger partial charge < -0.3 is 5.73 Å². The monoisotopic (exact) mass is 268 g/mol. The van der Waals surface area contributed by atoms with Crippen molar-refractivity contribution < 1.29 is 0 Å². The van der Waals surface area contributed by atoms with Crippen LogP contribution in [0.3, 0.4) is 0 Å². The van der Waals surface area contributed by atoms with Gasteiger partial charge in [0.15, 0.2) is 0 Å². The van der Waals surface area contributed by atoms with Gasteiger partial charge in [-0.1, -0.05) is 50.5 Å². The van der Waals surface area contributed by atoms with E-state index < -0.39 is 0 Å². The molecule has 0 radical (unpaired) electrons. The molecule has 1 aliphatic carbocycles. The second kappa shape index (κ2) is 5.53. The zero-order valence-electron chi connectivity index (χ0n) is 12.3. The number of fused-ring (bicyclic) bond motifs is 1. The highest BCUT2D eigenvalue weighted by Crippen LogP contribution is 2.36. The van der Waals surface area contributed by atoms with Crippen LogP contribution < -0.4 is 5.73 Å². The molecule has 0 saturated heterocycles. The lowest BCUT2D eigenvalue weighted by Crippen LogP contribution is -2.51. The average molecular weight is 268 g/mol. The molecule has 2 atom stereocenters. The molecule has 1 fully saturated rings. The number of hydrogen-bond acceptors (Lipinski definition) is 2. The molecule has 3 rings (SSSR count). The molecule has 1 aliphatic rings. The molecular formula is C18H24N2. The Balaban J connectivity index is 1.87. The van der Waals surface area contributed by atoms with Crippen LogP contribution in [0.25, 0.3) is 10.9 Å². The lowest BCUT2D eigenvalue weighted by atomic mass is 9.70. The van der Waals surface area contributed by atoms with Crippen LogP contribution in [0.2, 0.25) is 0 Å². The topological polar surface area (TPSA) is 38.9 Å². The lowest BCUT2D eigenvalue weighted by Gasteiger charge is -2.41. The number of benzene rings is 1. The van der Waals surface area contributed by atoms with Crippen molar-refractivity contribution in [1.82, 2.24) is 4.98 Å². The maximum atomic E-state index is 6.75. The molecule has 0 bridgehead atoms. The van der Waals surface area contributed by atoms with Crippen LogP contribution in [0.1, 0.15) is 44.7 Å². The summed E-state index contributed by atoms with van der Waals surface area (Å²) in [5.41, 5.74) is 8.92. The average Bonchev–Trinajstić information content (AvgIpc) is 2.47. The lowest BCUT2D eigenvalue weighted by molar-refractivity contribution is 0.181. The van der Waals surface area contributed by atoms with E-state index in [9.17, 15) is 0 Å². The molecule has 2 heteroatoms. The van der Waals surface area contributed by atoms with Gasteiger partial charge in [-0.05, 0) is 30.9 Å². The summed E-state index contributed by atoms with van der Waals surface area (Å²) in [5, 5.41) is 1.21. The van der Waals surface area contributed by atoms with E-state index in [2.05, 4.69) is 37.3 Å². The summed E-state index contributed by atoms with van der Waals surface area (Å²) < 4.78 is 0. The highest BCUT2D eigenvalue weighted by molar-refractivity contribution is 5.78. The normalized spacial score (nSPS) is 26.8. The second-order valence-corrected chi connectivity index (χ2v) is 6.26. The van der Waals surface area contributed by atoms with E-state index in [0.717, 1.165) is 24.1 Å². The Morgan fingerprint density at radius 2 is 2.05 bits per heavy atom. The third kappa shape index (κ3) is 2.57. The highest BCUT2D eigenvalue weighted by atomic mass is 14.8. The summed E-state index contributed by atoms with van der Waals surface area (Å²) in [6.07, 6.45) is 7.12. The summed E-state index contributed by atoms with van der Waals surface area (Å²) in [6.45, 7) is 2.27. The van der Waals surface area contributed by atoms with E-state index in [0.29, 0.717) is 5.92 Å². The Morgan fingerprint density at radius 3 is 2.90 bits per heavy atom. The van der Waals surface area contributed by atoms with E-state index >= 15 is 0 Å². The molecule has 0 aliphatic heterocycles. The second-order valence-electron chi connectivity index (χ2n) is 6.26. The fraction of sp³-hybridized carbons (Fsp3) is 0.500. The summed E-state index contributed by atoms with van der Waals surface area (Å²) in [7, 11) is 0. The van der Waals surface area contributed by atoms with Crippen molar-refractivity contribution in [2.24, 2.45) is 11.7 Å². The summed E-state index contributed by atoms with van der Waals surface area (Å²) in [4.78, 5) is 4.80. The SMILES string of the molecule is CCC1CCCCC1(N)Cc1ccc2ccccc2n1. The van der Waals surface area contributed by atoms with Gasteiger partial charge in [0.2, 0.25) is 0 Å². The van der Waals surface area contributed by atoms with E-state index in [1.54, 1.807) is 0 Å². The predicted molar refractivity (Wildman–Crippen MR) is 84.6 cm³/mol. The molecule has 2 N–H and O–H groups in total. The molecule has 2 nitrogen and oxygen atoms in total. The van der Waals surface area contributed by atoms with Crippen molar-refractivity contribution >= 4 is 10.9 Å². The van der Waals surface area contributed by atoms with Crippen molar-refractivity contribution in [3.63, 3.8) is 0 Å². The molecule has 106 valence electrons.